The molecule has 0 fully saturated rings. The van der Waals surface area contributed by atoms with Gasteiger partial charge in [-0.15, -0.1) is 0 Å². The van der Waals surface area contributed by atoms with Crippen molar-refractivity contribution in [3.63, 3.8) is 0 Å². The van der Waals surface area contributed by atoms with Crippen LogP contribution in [0.25, 0.3) is 0 Å². The van der Waals surface area contributed by atoms with Crippen LogP contribution in [-0.2, 0) is 16.3 Å². The molecule has 0 spiro atoms. The summed E-state index contributed by atoms with van der Waals surface area (Å²) in [6, 6.07) is 10.8. The van der Waals surface area contributed by atoms with E-state index in [4.69, 9.17) is 4.18 Å². The van der Waals surface area contributed by atoms with Crippen LogP contribution in [0.4, 0.5) is 13.2 Å². The first-order valence-electron chi connectivity index (χ1n) is 5.46. The van der Waals surface area contributed by atoms with Crippen LogP contribution in [0.5, 0.6) is 5.75 Å². The third-order valence-corrected chi connectivity index (χ3v) is 3.68. The minimum Gasteiger partial charge on any atom is -0.379 e. The summed E-state index contributed by atoms with van der Waals surface area (Å²) < 4.78 is 65.7. The molecule has 0 radical (unpaired) electrons. The lowest BCUT2D eigenvalue weighted by Gasteiger charge is -2.09. The van der Waals surface area contributed by atoms with Gasteiger partial charge in [-0.3, -0.25) is 0 Å². The summed E-state index contributed by atoms with van der Waals surface area (Å²) in [6.45, 7) is 0. The molecular formula is C13H9F3O3S. The Morgan fingerprint density at radius 1 is 0.850 bits per heavy atom. The largest absolute Gasteiger partial charge is 0.416 e. The van der Waals surface area contributed by atoms with Gasteiger partial charge in [0, 0.05) is 0 Å². The monoisotopic (exact) mass is 302 g/mol. The average molecular weight is 302 g/mol. The van der Waals surface area contributed by atoms with Gasteiger partial charge in [0.25, 0.3) is 0 Å². The normalized spacial score (nSPS) is 12.2. The maximum absolute atomic E-state index is 12.4. The fourth-order valence-electron chi connectivity index (χ4n) is 1.46. The predicted molar refractivity (Wildman–Crippen MR) is 65.7 cm³/mol. The van der Waals surface area contributed by atoms with E-state index in [1.54, 1.807) is 18.2 Å². The van der Waals surface area contributed by atoms with Gasteiger partial charge in [-0.05, 0) is 36.4 Å². The molecule has 2 aromatic rings. The Morgan fingerprint density at radius 3 is 1.90 bits per heavy atom. The van der Waals surface area contributed by atoms with E-state index in [2.05, 4.69) is 0 Å². The van der Waals surface area contributed by atoms with Crippen LogP contribution in [0.15, 0.2) is 59.5 Å². The van der Waals surface area contributed by atoms with E-state index in [1.807, 2.05) is 0 Å². The third-order valence-electron chi connectivity index (χ3n) is 2.42. The summed E-state index contributed by atoms with van der Waals surface area (Å²) in [5.41, 5.74) is -0.920. The van der Waals surface area contributed by atoms with Crippen LogP contribution in [0.2, 0.25) is 0 Å². The number of hydrogen-bond acceptors (Lipinski definition) is 3. The van der Waals surface area contributed by atoms with E-state index in [-0.39, 0.29) is 10.6 Å². The first-order chi connectivity index (χ1) is 9.29. The second-order valence-electron chi connectivity index (χ2n) is 3.87. The van der Waals surface area contributed by atoms with E-state index in [0.717, 1.165) is 12.1 Å². The zero-order chi connectivity index (χ0) is 14.8. The summed E-state index contributed by atoms with van der Waals surface area (Å²) in [6.07, 6.45) is -4.51. The smallest absolute Gasteiger partial charge is 0.379 e. The van der Waals surface area contributed by atoms with Gasteiger partial charge in [-0.25, -0.2) is 0 Å². The van der Waals surface area contributed by atoms with Gasteiger partial charge in [-0.2, -0.15) is 21.6 Å². The molecule has 2 rings (SSSR count). The van der Waals surface area contributed by atoms with Crippen molar-refractivity contribution in [2.75, 3.05) is 0 Å². The van der Waals surface area contributed by atoms with Crippen LogP contribution in [-0.4, -0.2) is 8.42 Å². The molecule has 0 N–H and O–H groups in total. The van der Waals surface area contributed by atoms with Crippen molar-refractivity contribution in [1.82, 2.24) is 0 Å². The van der Waals surface area contributed by atoms with Gasteiger partial charge in [0.05, 0.1) is 5.56 Å². The first-order valence-corrected chi connectivity index (χ1v) is 6.87. The van der Waals surface area contributed by atoms with Crippen molar-refractivity contribution in [2.24, 2.45) is 0 Å². The fourth-order valence-corrected chi connectivity index (χ4v) is 2.39. The molecule has 0 saturated heterocycles. The maximum Gasteiger partial charge on any atom is 0.416 e. The first kappa shape index (κ1) is 14.4. The molecule has 0 aliphatic rings. The molecule has 7 heteroatoms. The molecule has 0 heterocycles. The molecule has 3 nitrogen and oxygen atoms in total. The molecule has 0 aliphatic heterocycles. The van der Waals surface area contributed by atoms with Crippen LogP contribution < -0.4 is 4.18 Å². The lowest BCUT2D eigenvalue weighted by atomic mass is 10.2. The summed E-state index contributed by atoms with van der Waals surface area (Å²) in [4.78, 5) is -0.339. The number of halogens is 3. The van der Waals surface area contributed by atoms with Gasteiger partial charge >= 0.3 is 16.3 Å². The zero-order valence-corrected chi connectivity index (χ0v) is 10.8. The standard InChI is InChI=1S/C13H9F3O3S/c14-13(15,16)10-6-8-12(9-7-10)20(17,18)19-11-4-2-1-3-5-11/h1-9H. The predicted octanol–water partition coefficient (Wildman–Crippen LogP) is 3.47. The molecular weight excluding hydrogens is 293 g/mol. The van der Waals surface area contributed by atoms with Crippen molar-refractivity contribution in [1.29, 1.82) is 0 Å². The Bertz CT molecular complexity index is 677. The Morgan fingerprint density at radius 2 is 1.40 bits per heavy atom. The highest BCUT2D eigenvalue weighted by Gasteiger charge is 2.30. The molecule has 2 aromatic carbocycles. The average Bonchev–Trinajstić information content (AvgIpc) is 2.38. The van der Waals surface area contributed by atoms with Crippen molar-refractivity contribution in [2.45, 2.75) is 11.1 Å². The molecule has 0 atom stereocenters. The van der Waals surface area contributed by atoms with E-state index in [1.165, 1.54) is 12.1 Å². The van der Waals surface area contributed by atoms with Crippen LogP contribution in [0, 0.1) is 0 Å². The minimum atomic E-state index is -4.51. The van der Waals surface area contributed by atoms with Gasteiger partial charge < -0.3 is 4.18 Å². The van der Waals surface area contributed by atoms with Crippen LogP contribution in [0.3, 0.4) is 0 Å². The molecule has 0 saturated carbocycles. The van der Waals surface area contributed by atoms with Crippen molar-refractivity contribution < 1.29 is 25.8 Å². The Labute approximate surface area is 113 Å². The topological polar surface area (TPSA) is 43.4 Å². The summed E-state index contributed by atoms with van der Waals surface area (Å²) >= 11 is 0. The molecule has 20 heavy (non-hydrogen) atoms. The summed E-state index contributed by atoms with van der Waals surface area (Å²) in [5, 5.41) is 0. The maximum atomic E-state index is 12.4. The van der Waals surface area contributed by atoms with E-state index in [9.17, 15) is 21.6 Å². The number of hydrogen-bond donors (Lipinski definition) is 0. The van der Waals surface area contributed by atoms with Crippen LogP contribution >= 0.6 is 0 Å². The van der Waals surface area contributed by atoms with Gasteiger partial charge in [0.1, 0.15) is 10.6 Å². The van der Waals surface area contributed by atoms with Crippen LogP contribution in [0.1, 0.15) is 5.56 Å². The summed E-state index contributed by atoms with van der Waals surface area (Å²) in [5.74, 6) is 0.0902. The molecule has 0 bridgehead atoms. The van der Waals surface area contributed by atoms with Gasteiger partial charge in [0.2, 0.25) is 0 Å². The minimum absolute atomic E-state index is 0.0902. The molecule has 106 valence electrons. The number of alkyl halides is 3. The highest BCUT2D eigenvalue weighted by Crippen LogP contribution is 2.30. The van der Waals surface area contributed by atoms with Crippen molar-refractivity contribution in [3.05, 3.63) is 60.2 Å². The highest BCUT2D eigenvalue weighted by atomic mass is 32.2. The highest BCUT2D eigenvalue weighted by molar-refractivity contribution is 7.87. The molecule has 0 unspecified atom stereocenters. The Balaban J connectivity index is 2.27. The Hall–Kier alpha value is -2.02. The quantitative estimate of drug-likeness (QED) is 0.815. The second-order valence-corrected chi connectivity index (χ2v) is 5.42. The summed E-state index contributed by atoms with van der Waals surface area (Å²) in [7, 11) is -4.14. The van der Waals surface area contributed by atoms with E-state index < -0.39 is 21.9 Å². The van der Waals surface area contributed by atoms with Gasteiger partial charge in [0.15, 0.2) is 0 Å². The van der Waals surface area contributed by atoms with E-state index >= 15 is 0 Å². The lowest BCUT2D eigenvalue weighted by molar-refractivity contribution is -0.137. The number of para-hydroxylation sites is 1. The lowest BCUT2D eigenvalue weighted by Crippen LogP contribution is -2.11. The molecule has 0 aromatic heterocycles. The Kier molecular flexibility index (Phi) is 3.71. The van der Waals surface area contributed by atoms with Crippen molar-refractivity contribution in [3.8, 4) is 5.75 Å². The van der Waals surface area contributed by atoms with E-state index in [0.29, 0.717) is 12.1 Å². The molecule has 0 amide bonds. The van der Waals surface area contributed by atoms with Gasteiger partial charge in [-0.1, -0.05) is 18.2 Å². The number of benzene rings is 2. The third kappa shape index (κ3) is 3.30. The SMILES string of the molecule is O=S(=O)(Oc1ccccc1)c1ccc(C(F)(F)F)cc1. The second kappa shape index (κ2) is 5.16. The zero-order valence-electron chi connectivity index (χ0n) is 9.96. The molecule has 0 aliphatic carbocycles. The fraction of sp³-hybridized carbons (Fsp3) is 0.0769. The van der Waals surface area contributed by atoms with Crippen molar-refractivity contribution >= 4 is 10.1 Å². The number of rotatable bonds is 3.